The van der Waals surface area contributed by atoms with Crippen LogP contribution in [0.2, 0.25) is 0 Å². The van der Waals surface area contributed by atoms with Gasteiger partial charge in [-0.15, -0.1) is 11.3 Å². The number of nitrogens with one attached hydrogen (secondary N) is 1. The Labute approximate surface area is 116 Å². The minimum atomic E-state index is -4.66. The van der Waals surface area contributed by atoms with Gasteiger partial charge in [-0.05, 0) is 19.1 Å². The van der Waals surface area contributed by atoms with Crippen LogP contribution in [0.1, 0.15) is 25.9 Å². The summed E-state index contributed by atoms with van der Waals surface area (Å²) in [5.74, 6) is -0.809. The maximum Gasteiger partial charge on any atom is 0.434 e. The Hall–Kier alpha value is -1.96. The Kier molecular flexibility index (Phi) is 4.03. The average molecular weight is 301 g/mol. The number of rotatable bonds is 3. The van der Waals surface area contributed by atoms with E-state index in [9.17, 15) is 18.0 Å². The van der Waals surface area contributed by atoms with Crippen molar-refractivity contribution in [2.75, 3.05) is 0 Å². The molecular formula is C12H10F3N3OS. The second-order valence-corrected chi connectivity index (χ2v) is 5.24. The van der Waals surface area contributed by atoms with E-state index in [-0.39, 0.29) is 6.54 Å². The summed E-state index contributed by atoms with van der Waals surface area (Å²) in [7, 11) is 0. The van der Waals surface area contributed by atoms with Gasteiger partial charge in [-0.1, -0.05) is 0 Å². The van der Waals surface area contributed by atoms with E-state index in [1.165, 1.54) is 17.4 Å². The number of carbonyl (C=O) groups is 1. The van der Waals surface area contributed by atoms with E-state index in [1.807, 2.05) is 0 Å². The fraction of sp³-hybridized carbons (Fsp3) is 0.250. The minimum Gasteiger partial charge on any atom is -0.347 e. The number of carbonyl (C=O) groups excluding carboxylic acids is 1. The van der Waals surface area contributed by atoms with Gasteiger partial charge < -0.3 is 5.32 Å². The summed E-state index contributed by atoms with van der Waals surface area (Å²) in [5, 5.41) is 3.26. The number of hydrogen-bond donors (Lipinski definition) is 1. The molecule has 0 aliphatic carbocycles. The van der Waals surface area contributed by atoms with Gasteiger partial charge in [-0.25, -0.2) is 4.98 Å². The lowest BCUT2D eigenvalue weighted by Crippen LogP contribution is -2.26. The Bertz CT molecular complexity index is 624. The van der Waals surface area contributed by atoms with Crippen LogP contribution in [0.25, 0.3) is 0 Å². The summed E-state index contributed by atoms with van der Waals surface area (Å²) < 4.78 is 38.2. The van der Waals surface area contributed by atoms with Gasteiger partial charge in [0.05, 0.1) is 17.1 Å². The van der Waals surface area contributed by atoms with Gasteiger partial charge in [0.15, 0.2) is 5.69 Å². The van der Waals surface area contributed by atoms with Crippen LogP contribution >= 0.6 is 11.3 Å². The van der Waals surface area contributed by atoms with Gasteiger partial charge in [0.25, 0.3) is 5.91 Å². The maximum absolute atomic E-state index is 12.7. The summed E-state index contributed by atoms with van der Waals surface area (Å²) in [6.45, 7) is 1.94. The molecule has 0 fully saturated rings. The fourth-order valence-electron chi connectivity index (χ4n) is 1.56. The van der Waals surface area contributed by atoms with Crippen molar-refractivity contribution in [3.63, 3.8) is 0 Å². The number of pyridine rings is 1. The lowest BCUT2D eigenvalue weighted by atomic mass is 10.1. The third kappa shape index (κ3) is 3.32. The molecule has 0 aliphatic heterocycles. The number of alkyl halides is 3. The van der Waals surface area contributed by atoms with E-state index in [4.69, 9.17) is 0 Å². The molecule has 0 bridgehead atoms. The smallest absolute Gasteiger partial charge is 0.347 e. The highest BCUT2D eigenvalue weighted by Crippen LogP contribution is 2.29. The monoisotopic (exact) mass is 301 g/mol. The fourth-order valence-corrected chi connectivity index (χ4v) is 2.30. The number of aryl methyl sites for hydroxylation is 1. The lowest BCUT2D eigenvalue weighted by molar-refractivity contribution is -0.141. The van der Waals surface area contributed by atoms with Crippen LogP contribution in [0.4, 0.5) is 13.2 Å². The highest BCUT2D eigenvalue weighted by Gasteiger charge is 2.36. The van der Waals surface area contributed by atoms with E-state index in [0.717, 1.165) is 22.1 Å². The van der Waals surface area contributed by atoms with E-state index in [0.29, 0.717) is 0 Å². The van der Waals surface area contributed by atoms with Gasteiger partial charge in [0.1, 0.15) is 0 Å². The third-order valence-electron chi connectivity index (χ3n) is 2.41. The van der Waals surface area contributed by atoms with Crippen LogP contribution in [-0.2, 0) is 12.7 Å². The summed E-state index contributed by atoms with van der Waals surface area (Å²) in [6, 6.07) is 2.39. The van der Waals surface area contributed by atoms with Crippen LogP contribution < -0.4 is 5.32 Å². The maximum atomic E-state index is 12.7. The highest BCUT2D eigenvalue weighted by atomic mass is 32.1. The molecule has 0 aromatic carbocycles. The first-order valence-electron chi connectivity index (χ1n) is 5.59. The van der Waals surface area contributed by atoms with Crippen molar-refractivity contribution in [2.45, 2.75) is 19.6 Å². The molecule has 1 N–H and O–H groups in total. The van der Waals surface area contributed by atoms with Crippen molar-refractivity contribution in [1.82, 2.24) is 15.3 Å². The number of hydrogen-bond acceptors (Lipinski definition) is 4. The summed E-state index contributed by atoms with van der Waals surface area (Å²) in [6.07, 6.45) is -2.07. The Balaban J connectivity index is 2.13. The molecule has 2 aromatic rings. The average Bonchev–Trinajstić information content (AvgIpc) is 2.81. The van der Waals surface area contributed by atoms with Crippen LogP contribution in [0.3, 0.4) is 0 Å². The van der Waals surface area contributed by atoms with Crippen molar-refractivity contribution in [3.05, 3.63) is 45.7 Å². The lowest BCUT2D eigenvalue weighted by Gasteiger charge is -2.10. The van der Waals surface area contributed by atoms with Gasteiger partial charge in [-0.3, -0.25) is 9.78 Å². The molecule has 0 saturated heterocycles. The molecule has 0 saturated carbocycles. The zero-order chi connectivity index (χ0) is 14.8. The van der Waals surface area contributed by atoms with Crippen LogP contribution in [0.5, 0.6) is 0 Å². The zero-order valence-electron chi connectivity index (χ0n) is 10.4. The first-order valence-corrected chi connectivity index (χ1v) is 6.41. The molecule has 0 spiro atoms. The predicted octanol–water partition coefficient (Wildman–Crippen LogP) is 2.80. The standard InChI is InChI=1S/C12H10F3N3OS/c1-7-17-5-8(20-7)6-18-11(19)9-3-2-4-16-10(9)12(13,14)15/h2-5H,6H2,1H3,(H,18,19). The Morgan fingerprint density at radius 2 is 2.15 bits per heavy atom. The largest absolute Gasteiger partial charge is 0.434 e. The summed E-state index contributed by atoms with van der Waals surface area (Å²) in [5.41, 5.74) is -1.67. The quantitative estimate of drug-likeness (QED) is 0.948. The van der Waals surface area contributed by atoms with E-state index in [2.05, 4.69) is 15.3 Å². The second kappa shape index (κ2) is 5.58. The molecule has 106 valence electrons. The molecule has 1 amide bonds. The number of aromatic nitrogens is 2. The molecule has 0 unspecified atom stereocenters. The molecular weight excluding hydrogens is 291 g/mol. The van der Waals surface area contributed by atoms with Gasteiger partial charge in [-0.2, -0.15) is 13.2 Å². The van der Waals surface area contributed by atoms with Crippen LogP contribution in [0.15, 0.2) is 24.5 Å². The van der Waals surface area contributed by atoms with E-state index < -0.39 is 23.3 Å². The molecule has 0 aliphatic rings. The molecule has 2 rings (SSSR count). The zero-order valence-corrected chi connectivity index (χ0v) is 11.2. The van der Waals surface area contributed by atoms with Crippen LogP contribution in [-0.4, -0.2) is 15.9 Å². The van der Waals surface area contributed by atoms with Gasteiger partial charge in [0, 0.05) is 17.3 Å². The first-order chi connectivity index (χ1) is 9.38. The molecule has 4 nitrogen and oxygen atoms in total. The van der Waals surface area contributed by atoms with E-state index >= 15 is 0 Å². The van der Waals surface area contributed by atoms with E-state index in [1.54, 1.807) is 13.1 Å². The molecule has 0 atom stereocenters. The number of thiazole rings is 1. The molecule has 8 heteroatoms. The van der Waals surface area contributed by atoms with Crippen molar-refractivity contribution in [2.24, 2.45) is 0 Å². The Morgan fingerprint density at radius 3 is 2.75 bits per heavy atom. The van der Waals surface area contributed by atoms with Gasteiger partial charge in [0.2, 0.25) is 0 Å². The highest BCUT2D eigenvalue weighted by molar-refractivity contribution is 7.11. The minimum absolute atomic E-state index is 0.135. The molecule has 2 heterocycles. The number of amides is 1. The van der Waals surface area contributed by atoms with Crippen molar-refractivity contribution >= 4 is 17.2 Å². The first kappa shape index (κ1) is 14.4. The number of halogens is 3. The predicted molar refractivity (Wildman–Crippen MR) is 67.3 cm³/mol. The topological polar surface area (TPSA) is 54.9 Å². The van der Waals surface area contributed by atoms with Crippen molar-refractivity contribution < 1.29 is 18.0 Å². The molecule has 2 aromatic heterocycles. The van der Waals surface area contributed by atoms with Crippen molar-refractivity contribution in [1.29, 1.82) is 0 Å². The molecule has 0 radical (unpaired) electrons. The van der Waals surface area contributed by atoms with Crippen molar-refractivity contribution in [3.8, 4) is 0 Å². The van der Waals surface area contributed by atoms with Gasteiger partial charge >= 0.3 is 6.18 Å². The summed E-state index contributed by atoms with van der Waals surface area (Å²) >= 11 is 1.37. The Morgan fingerprint density at radius 1 is 1.40 bits per heavy atom. The molecule has 20 heavy (non-hydrogen) atoms. The SMILES string of the molecule is Cc1ncc(CNC(=O)c2cccnc2C(F)(F)F)s1. The normalized spacial score (nSPS) is 11.4. The second-order valence-electron chi connectivity index (χ2n) is 3.93. The number of nitrogens with zero attached hydrogens (tertiary/aromatic N) is 2. The van der Waals surface area contributed by atoms with Crippen LogP contribution in [0, 0.1) is 6.92 Å². The third-order valence-corrected chi connectivity index (χ3v) is 3.33. The summed E-state index contributed by atoms with van der Waals surface area (Å²) in [4.78, 5) is 19.8.